The zero-order chi connectivity index (χ0) is 21.1. The maximum Gasteiger partial charge on any atom is 0.513 e. The van der Waals surface area contributed by atoms with Gasteiger partial charge in [-0.05, 0) is 25.0 Å². The zero-order valence-corrected chi connectivity index (χ0v) is 17.3. The number of rotatable bonds is 12. The van der Waals surface area contributed by atoms with E-state index in [1.165, 1.54) is 24.3 Å². The highest BCUT2D eigenvalue weighted by molar-refractivity contribution is 5.64. The fourth-order valence-electron chi connectivity index (χ4n) is 3.30. The minimum absolute atomic E-state index is 0.0368. The summed E-state index contributed by atoms with van der Waals surface area (Å²) in [6.07, 6.45) is 7.08. The van der Waals surface area contributed by atoms with Gasteiger partial charge in [0, 0.05) is 25.0 Å². The quantitative estimate of drug-likeness (QED) is 0.150. The topological polar surface area (TPSA) is 97.1 Å². The Morgan fingerprint density at radius 1 is 1.14 bits per heavy atom. The van der Waals surface area contributed by atoms with Crippen molar-refractivity contribution in [1.29, 1.82) is 0 Å². The summed E-state index contributed by atoms with van der Waals surface area (Å²) in [5, 5.41) is 10.6. The number of hydrogen-bond donors (Lipinski definition) is 0. The van der Waals surface area contributed by atoms with Crippen LogP contribution in [0.3, 0.4) is 0 Å². The van der Waals surface area contributed by atoms with E-state index in [4.69, 9.17) is 18.9 Å². The van der Waals surface area contributed by atoms with Crippen molar-refractivity contribution in [3.05, 3.63) is 34.4 Å². The number of nitro groups is 1. The Balaban J connectivity index is 1.80. The van der Waals surface area contributed by atoms with Crippen LogP contribution >= 0.6 is 0 Å². The van der Waals surface area contributed by atoms with Crippen LogP contribution in [0.4, 0.5) is 10.5 Å². The zero-order valence-electron chi connectivity index (χ0n) is 17.3. The van der Waals surface area contributed by atoms with E-state index < -0.39 is 16.9 Å². The minimum atomic E-state index is -0.878. The molecule has 2 rings (SSSR count). The largest absolute Gasteiger partial charge is 0.513 e. The molecule has 1 heterocycles. The number of carbonyl (C=O) groups excluding carboxylic acids is 1. The second kappa shape index (κ2) is 11.7. The molecule has 1 unspecified atom stereocenters. The monoisotopic (exact) mass is 409 g/mol. The second-order valence-electron chi connectivity index (χ2n) is 7.29. The molecule has 162 valence electrons. The highest BCUT2D eigenvalue weighted by Crippen LogP contribution is 2.34. The molecule has 1 aliphatic heterocycles. The predicted molar refractivity (Wildman–Crippen MR) is 107 cm³/mol. The lowest BCUT2D eigenvalue weighted by molar-refractivity contribution is -0.384. The Morgan fingerprint density at radius 3 is 2.31 bits per heavy atom. The van der Waals surface area contributed by atoms with Crippen LogP contribution in [0.1, 0.15) is 65.2 Å². The Bertz CT molecular complexity index is 637. The van der Waals surface area contributed by atoms with Gasteiger partial charge in [-0.2, -0.15) is 0 Å². The first-order valence-corrected chi connectivity index (χ1v) is 10.4. The molecule has 8 heteroatoms. The van der Waals surface area contributed by atoms with Gasteiger partial charge in [0.2, 0.25) is 0 Å². The minimum Gasteiger partial charge on any atom is -0.431 e. The van der Waals surface area contributed by atoms with E-state index in [1.807, 2.05) is 0 Å². The summed E-state index contributed by atoms with van der Waals surface area (Å²) < 4.78 is 22.4. The van der Waals surface area contributed by atoms with Crippen LogP contribution in [0.25, 0.3) is 0 Å². The van der Waals surface area contributed by atoms with Gasteiger partial charge in [0.05, 0.1) is 11.5 Å². The molecule has 1 aromatic carbocycles. The highest BCUT2D eigenvalue weighted by Gasteiger charge is 2.41. The molecule has 0 amide bonds. The van der Waals surface area contributed by atoms with Gasteiger partial charge in [-0.15, -0.1) is 0 Å². The Morgan fingerprint density at radius 2 is 1.76 bits per heavy atom. The molecular weight excluding hydrogens is 378 g/mol. The van der Waals surface area contributed by atoms with Gasteiger partial charge in [0.1, 0.15) is 18.5 Å². The molecule has 0 aliphatic carbocycles. The number of ether oxygens (including phenoxy) is 4. The van der Waals surface area contributed by atoms with Gasteiger partial charge in [0.25, 0.3) is 5.69 Å². The third-order valence-electron chi connectivity index (χ3n) is 4.87. The van der Waals surface area contributed by atoms with Crippen molar-refractivity contribution >= 4 is 11.8 Å². The van der Waals surface area contributed by atoms with E-state index >= 15 is 0 Å². The lowest BCUT2D eigenvalue weighted by Gasteiger charge is -2.28. The van der Waals surface area contributed by atoms with Crippen LogP contribution in [0.15, 0.2) is 24.3 Å². The first kappa shape index (κ1) is 23.1. The number of carbonyl (C=O) groups is 1. The van der Waals surface area contributed by atoms with Crippen LogP contribution in [0, 0.1) is 10.1 Å². The van der Waals surface area contributed by atoms with Gasteiger partial charge >= 0.3 is 6.16 Å². The van der Waals surface area contributed by atoms with Crippen LogP contribution in [-0.2, 0) is 14.2 Å². The van der Waals surface area contributed by atoms with Gasteiger partial charge in [-0.1, -0.05) is 39.5 Å². The number of unbranched alkanes of at least 4 members (excludes halogenated alkanes) is 4. The van der Waals surface area contributed by atoms with E-state index in [1.54, 1.807) is 0 Å². The Hall–Kier alpha value is -2.19. The van der Waals surface area contributed by atoms with Gasteiger partial charge in [-0.25, -0.2) is 4.79 Å². The third kappa shape index (κ3) is 7.62. The summed E-state index contributed by atoms with van der Waals surface area (Å²) >= 11 is 0. The standard InChI is InChI=1S/C21H31NO7/c1-3-5-7-13-21(14-8-6-4-2)27-16-19(29-21)15-26-20(23)28-18-11-9-17(10-12-18)22(24)25/h9-12,19H,3-8,13-16H2,1-2H3. The van der Waals surface area contributed by atoms with Crippen molar-refractivity contribution in [2.24, 2.45) is 0 Å². The number of benzene rings is 1. The maximum atomic E-state index is 11.9. The fraction of sp³-hybridized carbons (Fsp3) is 0.667. The summed E-state index contributed by atoms with van der Waals surface area (Å²) in [6, 6.07) is 5.22. The fourth-order valence-corrected chi connectivity index (χ4v) is 3.30. The number of nitrogens with zero attached hydrogens (tertiary/aromatic N) is 1. The molecule has 0 bridgehead atoms. The summed E-state index contributed by atoms with van der Waals surface area (Å²) in [4.78, 5) is 22.0. The van der Waals surface area contributed by atoms with Crippen LogP contribution in [0.2, 0.25) is 0 Å². The molecule has 0 aromatic heterocycles. The van der Waals surface area contributed by atoms with Crippen molar-refractivity contribution in [2.75, 3.05) is 13.2 Å². The smallest absolute Gasteiger partial charge is 0.431 e. The molecule has 29 heavy (non-hydrogen) atoms. The molecule has 1 saturated heterocycles. The third-order valence-corrected chi connectivity index (χ3v) is 4.87. The number of hydrogen-bond acceptors (Lipinski definition) is 7. The summed E-state index contributed by atoms with van der Waals surface area (Å²) in [7, 11) is 0. The van der Waals surface area contributed by atoms with Crippen LogP contribution < -0.4 is 4.74 Å². The molecule has 0 N–H and O–H groups in total. The van der Waals surface area contributed by atoms with Crippen molar-refractivity contribution < 1.29 is 28.7 Å². The van der Waals surface area contributed by atoms with E-state index in [9.17, 15) is 14.9 Å². The normalized spacial score (nSPS) is 17.8. The maximum absolute atomic E-state index is 11.9. The SMILES string of the molecule is CCCCCC1(CCCCC)OCC(COC(=O)Oc2ccc([N+](=O)[O-])cc2)O1. The van der Waals surface area contributed by atoms with Crippen LogP contribution in [0.5, 0.6) is 5.75 Å². The summed E-state index contributed by atoms with van der Waals surface area (Å²) in [5.41, 5.74) is -0.0790. The molecule has 1 aromatic rings. The highest BCUT2D eigenvalue weighted by atomic mass is 16.8. The lowest BCUT2D eigenvalue weighted by atomic mass is 10.0. The Kier molecular flexibility index (Phi) is 9.34. The first-order valence-electron chi connectivity index (χ1n) is 10.4. The van der Waals surface area contributed by atoms with Crippen molar-refractivity contribution in [1.82, 2.24) is 0 Å². The molecule has 1 atom stereocenters. The first-order chi connectivity index (χ1) is 14.0. The number of nitro benzene ring substituents is 1. The van der Waals surface area contributed by atoms with E-state index in [0.717, 1.165) is 51.4 Å². The van der Waals surface area contributed by atoms with Gasteiger partial charge in [0.15, 0.2) is 5.79 Å². The molecule has 0 spiro atoms. The van der Waals surface area contributed by atoms with Crippen LogP contribution in [-0.4, -0.2) is 36.2 Å². The number of non-ortho nitro benzene ring substituents is 1. The van der Waals surface area contributed by atoms with Crippen molar-refractivity contribution in [3.63, 3.8) is 0 Å². The molecule has 0 saturated carbocycles. The molecule has 1 fully saturated rings. The molecule has 0 radical (unpaired) electrons. The summed E-state index contributed by atoms with van der Waals surface area (Å²) in [5.74, 6) is -0.404. The molecule has 8 nitrogen and oxygen atoms in total. The van der Waals surface area contributed by atoms with Crippen molar-refractivity contribution in [2.45, 2.75) is 77.1 Å². The van der Waals surface area contributed by atoms with E-state index in [0.29, 0.717) is 6.61 Å². The average Bonchev–Trinajstić information content (AvgIpc) is 3.11. The summed E-state index contributed by atoms with van der Waals surface area (Å²) in [6.45, 7) is 4.73. The second-order valence-corrected chi connectivity index (χ2v) is 7.29. The van der Waals surface area contributed by atoms with Gasteiger partial charge < -0.3 is 18.9 Å². The van der Waals surface area contributed by atoms with E-state index in [2.05, 4.69) is 13.8 Å². The predicted octanol–water partition coefficient (Wildman–Crippen LogP) is 5.38. The lowest BCUT2D eigenvalue weighted by Crippen LogP contribution is -2.32. The van der Waals surface area contributed by atoms with E-state index in [-0.39, 0.29) is 24.1 Å². The molecular formula is C21H31NO7. The average molecular weight is 409 g/mol. The molecule has 1 aliphatic rings. The Labute approximate surface area is 171 Å². The van der Waals surface area contributed by atoms with Crippen molar-refractivity contribution in [3.8, 4) is 5.75 Å². The van der Waals surface area contributed by atoms with Gasteiger partial charge in [-0.3, -0.25) is 10.1 Å².